The van der Waals surface area contributed by atoms with E-state index in [4.69, 9.17) is 0 Å². The molecule has 0 radical (unpaired) electrons. The number of hydrogen-bond donors (Lipinski definition) is 1. The topological polar surface area (TPSA) is 69.6 Å². The van der Waals surface area contributed by atoms with Gasteiger partial charge >= 0.3 is 0 Å². The van der Waals surface area contributed by atoms with E-state index in [0.717, 1.165) is 75.0 Å². The van der Waals surface area contributed by atoms with Crippen LogP contribution in [0.2, 0.25) is 0 Å². The van der Waals surface area contributed by atoms with E-state index in [1.165, 1.54) is 12.3 Å². The fraction of sp³-hybridized carbons (Fsp3) is 0.542. The molecule has 6 nitrogen and oxygen atoms in total. The quantitative estimate of drug-likeness (QED) is 0.765. The molecule has 0 bridgehead atoms. The third kappa shape index (κ3) is 3.91. The van der Waals surface area contributed by atoms with Gasteiger partial charge in [-0.3, -0.25) is 4.79 Å². The molecule has 0 aromatic carbocycles. The third-order valence-corrected chi connectivity index (χ3v) is 7.36. The summed E-state index contributed by atoms with van der Waals surface area (Å²) < 4.78 is 13.1. The molecule has 31 heavy (non-hydrogen) atoms. The highest BCUT2D eigenvalue weighted by molar-refractivity contribution is 5.86. The summed E-state index contributed by atoms with van der Waals surface area (Å²) in [6.07, 6.45) is 9.35. The van der Waals surface area contributed by atoms with Gasteiger partial charge in [-0.2, -0.15) is 4.39 Å². The predicted molar refractivity (Wildman–Crippen MR) is 116 cm³/mol. The van der Waals surface area contributed by atoms with E-state index in [1.807, 2.05) is 12.1 Å². The number of carbonyl (C=O) groups is 1. The third-order valence-electron chi connectivity index (χ3n) is 7.36. The Balaban J connectivity index is 1.29. The highest BCUT2D eigenvalue weighted by Crippen LogP contribution is 2.43. The number of anilines is 1. The van der Waals surface area contributed by atoms with Crippen LogP contribution in [-0.2, 0) is 4.79 Å². The van der Waals surface area contributed by atoms with Crippen LogP contribution in [0.3, 0.4) is 0 Å². The minimum Gasteiger partial charge on any atom is -0.393 e. The van der Waals surface area contributed by atoms with Crippen molar-refractivity contribution in [2.45, 2.75) is 57.1 Å². The second-order valence-electron chi connectivity index (χ2n) is 9.29. The lowest BCUT2D eigenvalue weighted by atomic mass is 9.78. The maximum Gasteiger partial charge on any atom is 0.230 e. The van der Waals surface area contributed by atoms with Gasteiger partial charge in [0.2, 0.25) is 11.9 Å². The van der Waals surface area contributed by atoms with Crippen LogP contribution < -0.4 is 4.90 Å². The number of aliphatic hydroxyl groups is 1. The summed E-state index contributed by atoms with van der Waals surface area (Å²) in [7, 11) is 0. The van der Waals surface area contributed by atoms with Crippen LogP contribution in [0.25, 0.3) is 11.1 Å². The van der Waals surface area contributed by atoms with Gasteiger partial charge in [0.25, 0.3) is 0 Å². The Morgan fingerprint density at radius 3 is 2.39 bits per heavy atom. The van der Waals surface area contributed by atoms with Gasteiger partial charge in [0.15, 0.2) is 0 Å². The first-order valence-corrected chi connectivity index (χ1v) is 11.4. The van der Waals surface area contributed by atoms with Crippen LogP contribution in [0.5, 0.6) is 0 Å². The number of pyridine rings is 2. The number of hydrogen-bond acceptors (Lipinski definition) is 5. The van der Waals surface area contributed by atoms with E-state index >= 15 is 0 Å². The number of carbonyl (C=O) groups excluding carboxylic acids is 1. The number of nitrogens with zero attached hydrogens (tertiary/aromatic N) is 4. The van der Waals surface area contributed by atoms with E-state index in [-0.39, 0.29) is 17.6 Å². The Hall–Kier alpha value is -2.54. The van der Waals surface area contributed by atoms with Crippen molar-refractivity contribution >= 4 is 11.7 Å². The zero-order valence-electron chi connectivity index (χ0n) is 17.7. The molecule has 1 aliphatic carbocycles. The molecule has 7 heteroatoms. The minimum absolute atomic E-state index is 0.201. The van der Waals surface area contributed by atoms with Gasteiger partial charge in [-0.25, -0.2) is 9.97 Å². The lowest BCUT2D eigenvalue weighted by molar-refractivity contribution is -0.139. The molecule has 164 valence electrons. The number of halogens is 1. The van der Waals surface area contributed by atoms with Crippen LogP contribution in [0.15, 0.2) is 36.7 Å². The standard InChI is InChI=1S/C24H29FN4O2/c25-21-8-2-17(14-26-21)18-3-9-22(27-15-18)28-12-1-10-24(16-28)11-13-29(23(24)31)19-4-6-20(30)7-5-19/h2-3,8-9,14-15,19-20,30H,1,4-7,10-13,16H2/t19-,20-,24?. The maximum absolute atomic E-state index is 13.5. The number of aromatic nitrogens is 2. The lowest BCUT2D eigenvalue weighted by Gasteiger charge is -2.41. The molecule has 1 N–H and O–H groups in total. The van der Waals surface area contributed by atoms with Crippen molar-refractivity contribution in [1.29, 1.82) is 0 Å². The van der Waals surface area contributed by atoms with Gasteiger partial charge in [-0.15, -0.1) is 0 Å². The van der Waals surface area contributed by atoms with Crippen molar-refractivity contribution in [3.05, 3.63) is 42.6 Å². The van der Waals surface area contributed by atoms with Crippen molar-refractivity contribution in [1.82, 2.24) is 14.9 Å². The van der Waals surface area contributed by atoms with Crippen molar-refractivity contribution in [2.75, 3.05) is 24.5 Å². The Labute approximate surface area is 182 Å². The number of amides is 1. The Morgan fingerprint density at radius 2 is 1.71 bits per heavy atom. The van der Waals surface area contributed by atoms with Crippen molar-refractivity contribution in [3.8, 4) is 11.1 Å². The van der Waals surface area contributed by atoms with E-state index < -0.39 is 5.95 Å². The first-order valence-electron chi connectivity index (χ1n) is 11.4. The van der Waals surface area contributed by atoms with Crippen molar-refractivity contribution in [2.24, 2.45) is 5.41 Å². The molecule has 1 unspecified atom stereocenters. The summed E-state index contributed by atoms with van der Waals surface area (Å²) in [5, 5.41) is 9.81. The molecule has 3 fully saturated rings. The summed E-state index contributed by atoms with van der Waals surface area (Å²) in [4.78, 5) is 26.2. The highest BCUT2D eigenvalue weighted by Gasteiger charge is 2.50. The summed E-state index contributed by atoms with van der Waals surface area (Å²) in [5.41, 5.74) is 1.41. The fourth-order valence-electron chi connectivity index (χ4n) is 5.56. The van der Waals surface area contributed by atoms with Crippen LogP contribution in [0, 0.1) is 11.4 Å². The monoisotopic (exact) mass is 424 g/mol. The summed E-state index contributed by atoms with van der Waals surface area (Å²) in [5.74, 6) is 0.684. The number of piperidine rings is 1. The number of aliphatic hydroxyl groups excluding tert-OH is 1. The van der Waals surface area contributed by atoms with Gasteiger partial charge in [0.1, 0.15) is 5.82 Å². The molecule has 2 aromatic rings. The van der Waals surface area contributed by atoms with Gasteiger partial charge in [0, 0.05) is 49.2 Å². The summed E-state index contributed by atoms with van der Waals surface area (Å²) in [6, 6.07) is 7.30. The molecule has 2 saturated heterocycles. The highest BCUT2D eigenvalue weighted by atomic mass is 19.1. The number of likely N-dealkylation sites (tertiary alicyclic amines) is 1. The van der Waals surface area contributed by atoms with Gasteiger partial charge in [0.05, 0.1) is 11.5 Å². The average Bonchev–Trinajstić information content (AvgIpc) is 3.10. The molecule has 1 saturated carbocycles. The molecule has 2 aliphatic heterocycles. The van der Waals surface area contributed by atoms with Crippen LogP contribution in [0.4, 0.5) is 10.2 Å². The van der Waals surface area contributed by atoms with Gasteiger partial charge in [-0.1, -0.05) is 0 Å². The zero-order valence-corrected chi connectivity index (χ0v) is 17.7. The van der Waals surface area contributed by atoms with Gasteiger partial charge < -0.3 is 14.9 Å². The second kappa shape index (κ2) is 8.19. The molecule has 1 atom stereocenters. The van der Waals surface area contributed by atoms with E-state index in [2.05, 4.69) is 19.8 Å². The first-order chi connectivity index (χ1) is 15.0. The lowest BCUT2D eigenvalue weighted by Crippen LogP contribution is -2.50. The molecule has 1 spiro atoms. The Morgan fingerprint density at radius 1 is 0.968 bits per heavy atom. The van der Waals surface area contributed by atoms with E-state index in [1.54, 1.807) is 12.3 Å². The van der Waals surface area contributed by atoms with E-state index in [0.29, 0.717) is 12.5 Å². The SMILES string of the molecule is O=C1N([C@H]2CC[C@H](O)CC2)CCC12CCCN(c1ccc(-c3ccc(F)nc3)cn1)C2. The molecular formula is C24H29FN4O2. The predicted octanol–water partition coefficient (Wildman–Crippen LogP) is 3.41. The largest absolute Gasteiger partial charge is 0.393 e. The Bertz CT molecular complexity index is 928. The summed E-state index contributed by atoms with van der Waals surface area (Å²) in [6.45, 7) is 2.44. The normalized spacial score (nSPS) is 29.0. The molecule has 5 rings (SSSR count). The Kier molecular flexibility index (Phi) is 5.38. The van der Waals surface area contributed by atoms with Gasteiger partial charge in [-0.05, 0) is 69.2 Å². The summed E-state index contributed by atoms with van der Waals surface area (Å²) >= 11 is 0. The van der Waals surface area contributed by atoms with Crippen molar-refractivity contribution in [3.63, 3.8) is 0 Å². The fourth-order valence-corrected chi connectivity index (χ4v) is 5.56. The average molecular weight is 425 g/mol. The minimum atomic E-state index is -0.494. The second-order valence-corrected chi connectivity index (χ2v) is 9.29. The molecule has 2 aromatic heterocycles. The molecule has 1 amide bonds. The van der Waals surface area contributed by atoms with E-state index in [9.17, 15) is 14.3 Å². The smallest absolute Gasteiger partial charge is 0.230 e. The van der Waals surface area contributed by atoms with Crippen molar-refractivity contribution < 1.29 is 14.3 Å². The zero-order chi connectivity index (χ0) is 21.4. The maximum atomic E-state index is 13.5. The molecule has 3 aliphatic rings. The first kappa shape index (κ1) is 20.4. The van der Waals surface area contributed by atoms with Crippen LogP contribution in [-0.4, -0.2) is 57.7 Å². The van der Waals surface area contributed by atoms with Crippen LogP contribution >= 0.6 is 0 Å². The van der Waals surface area contributed by atoms with Crippen LogP contribution in [0.1, 0.15) is 44.9 Å². The molecular weight excluding hydrogens is 395 g/mol. The molecule has 4 heterocycles. The number of rotatable bonds is 3.